The second-order valence-electron chi connectivity index (χ2n) is 5.90. The Kier molecular flexibility index (Phi) is 12.5. The molecule has 1 rings (SSSR count). The molecule has 0 bridgehead atoms. The van der Waals surface area contributed by atoms with Crippen molar-refractivity contribution in [2.75, 3.05) is 59.7 Å². The molecule has 0 aliphatic heterocycles. The number of likely N-dealkylation sites (N-methyl/N-ethyl adjacent to an activating group) is 1. The minimum Gasteiger partial charge on any atom is -0.382 e. The summed E-state index contributed by atoms with van der Waals surface area (Å²) in [6.07, 6.45) is 0. The Bertz CT molecular complexity index is 478. The minimum atomic E-state index is 0.277. The van der Waals surface area contributed by atoms with E-state index in [-0.39, 0.29) is 6.04 Å². The van der Waals surface area contributed by atoms with Gasteiger partial charge in [0.2, 0.25) is 0 Å². The summed E-state index contributed by atoms with van der Waals surface area (Å²) < 4.78 is 10.5. The maximum Gasteiger partial charge on any atom is 0.191 e. The van der Waals surface area contributed by atoms with E-state index >= 15 is 0 Å². The minimum absolute atomic E-state index is 0.277. The summed E-state index contributed by atoms with van der Waals surface area (Å²) in [5.74, 6) is 0.830. The molecule has 6 nitrogen and oxygen atoms in total. The number of rotatable bonds is 13. The van der Waals surface area contributed by atoms with Crippen LogP contribution in [-0.2, 0) is 9.47 Å². The Balaban J connectivity index is 2.66. The summed E-state index contributed by atoms with van der Waals surface area (Å²) in [7, 11) is 1.68. The number of hydrogen-bond donors (Lipinski definition) is 2. The van der Waals surface area contributed by atoms with Gasteiger partial charge in [0.05, 0.1) is 32.4 Å². The van der Waals surface area contributed by atoms with Crippen molar-refractivity contribution in [3.8, 4) is 0 Å². The maximum atomic E-state index is 5.49. The van der Waals surface area contributed by atoms with Crippen LogP contribution in [0.1, 0.15) is 32.4 Å². The van der Waals surface area contributed by atoms with Crippen LogP contribution in [0.5, 0.6) is 0 Å². The highest BCUT2D eigenvalue weighted by molar-refractivity contribution is 5.79. The third-order valence-electron chi connectivity index (χ3n) is 4.17. The SMILES string of the molecule is CCNC(=NCC(c1ccccc1)N(CC)CC)NCCOCCOC. The van der Waals surface area contributed by atoms with E-state index < -0.39 is 0 Å². The highest BCUT2D eigenvalue weighted by atomic mass is 16.5. The van der Waals surface area contributed by atoms with Crippen LogP contribution in [0, 0.1) is 0 Å². The van der Waals surface area contributed by atoms with Crippen LogP contribution in [0.4, 0.5) is 0 Å². The Morgan fingerprint density at radius 1 is 1.04 bits per heavy atom. The Morgan fingerprint density at radius 2 is 1.77 bits per heavy atom. The molecule has 0 heterocycles. The van der Waals surface area contributed by atoms with E-state index in [9.17, 15) is 0 Å². The van der Waals surface area contributed by atoms with E-state index in [4.69, 9.17) is 14.5 Å². The van der Waals surface area contributed by atoms with Crippen molar-refractivity contribution in [3.63, 3.8) is 0 Å². The standard InChI is InChI=1S/C20H36N4O2/c1-5-21-20(22-13-14-26-16-15-25-4)23-17-19(24(6-2)7-3)18-11-9-8-10-12-18/h8-12,19H,5-7,13-17H2,1-4H3,(H2,21,22,23). The topological polar surface area (TPSA) is 58.1 Å². The number of hydrogen-bond acceptors (Lipinski definition) is 4. The zero-order valence-electron chi connectivity index (χ0n) is 16.8. The van der Waals surface area contributed by atoms with E-state index in [0.717, 1.165) is 32.1 Å². The highest BCUT2D eigenvalue weighted by Crippen LogP contribution is 2.20. The fourth-order valence-corrected chi connectivity index (χ4v) is 2.78. The van der Waals surface area contributed by atoms with Gasteiger partial charge >= 0.3 is 0 Å². The highest BCUT2D eigenvalue weighted by Gasteiger charge is 2.17. The molecule has 0 fully saturated rings. The van der Waals surface area contributed by atoms with Crippen molar-refractivity contribution in [1.82, 2.24) is 15.5 Å². The first-order valence-corrected chi connectivity index (χ1v) is 9.64. The van der Waals surface area contributed by atoms with Gasteiger partial charge in [0.25, 0.3) is 0 Å². The van der Waals surface area contributed by atoms with Crippen LogP contribution in [-0.4, -0.2) is 70.5 Å². The lowest BCUT2D eigenvalue weighted by Crippen LogP contribution is -2.40. The normalized spacial score (nSPS) is 13.0. The molecule has 0 aliphatic rings. The van der Waals surface area contributed by atoms with Crippen molar-refractivity contribution in [2.45, 2.75) is 26.8 Å². The van der Waals surface area contributed by atoms with Crippen LogP contribution in [0.2, 0.25) is 0 Å². The second-order valence-corrected chi connectivity index (χ2v) is 5.90. The van der Waals surface area contributed by atoms with Gasteiger partial charge in [-0.3, -0.25) is 9.89 Å². The number of benzene rings is 1. The lowest BCUT2D eigenvalue weighted by molar-refractivity contribution is 0.0733. The predicted molar refractivity (Wildman–Crippen MR) is 109 cm³/mol. The molecule has 0 saturated carbocycles. The lowest BCUT2D eigenvalue weighted by Gasteiger charge is -2.29. The fraction of sp³-hybridized carbons (Fsp3) is 0.650. The fourth-order valence-electron chi connectivity index (χ4n) is 2.78. The Labute approximate surface area is 159 Å². The van der Waals surface area contributed by atoms with Crippen molar-refractivity contribution in [1.29, 1.82) is 0 Å². The van der Waals surface area contributed by atoms with Gasteiger partial charge in [-0.2, -0.15) is 0 Å². The van der Waals surface area contributed by atoms with Gasteiger partial charge in [0, 0.05) is 20.2 Å². The molecule has 0 amide bonds. The van der Waals surface area contributed by atoms with Crippen molar-refractivity contribution < 1.29 is 9.47 Å². The van der Waals surface area contributed by atoms with Crippen LogP contribution >= 0.6 is 0 Å². The first-order valence-electron chi connectivity index (χ1n) is 9.64. The molecule has 1 aromatic rings. The van der Waals surface area contributed by atoms with Gasteiger partial charge in [0.1, 0.15) is 0 Å². The molecule has 1 atom stereocenters. The summed E-state index contributed by atoms with van der Waals surface area (Å²) in [4.78, 5) is 7.25. The predicted octanol–water partition coefficient (Wildman–Crippen LogP) is 2.29. The summed E-state index contributed by atoms with van der Waals surface area (Å²) in [6, 6.07) is 10.9. The second kappa shape index (κ2) is 14.5. The number of nitrogens with one attached hydrogen (secondary N) is 2. The third kappa shape index (κ3) is 8.65. The molecule has 1 unspecified atom stereocenters. The Morgan fingerprint density at radius 3 is 2.38 bits per heavy atom. The number of methoxy groups -OCH3 is 1. The van der Waals surface area contributed by atoms with Crippen molar-refractivity contribution in [3.05, 3.63) is 35.9 Å². The van der Waals surface area contributed by atoms with Crippen LogP contribution < -0.4 is 10.6 Å². The van der Waals surface area contributed by atoms with Gasteiger partial charge in [-0.25, -0.2) is 0 Å². The van der Waals surface area contributed by atoms with Crippen LogP contribution in [0.25, 0.3) is 0 Å². The van der Waals surface area contributed by atoms with E-state index in [1.165, 1.54) is 5.56 Å². The van der Waals surface area contributed by atoms with E-state index in [1.807, 2.05) is 0 Å². The monoisotopic (exact) mass is 364 g/mol. The van der Waals surface area contributed by atoms with Crippen LogP contribution in [0.3, 0.4) is 0 Å². The molecule has 6 heteroatoms. The first-order chi connectivity index (χ1) is 12.8. The summed E-state index contributed by atoms with van der Waals surface area (Å²) in [6.45, 7) is 12.6. The summed E-state index contributed by atoms with van der Waals surface area (Å²) in [5, 5.41) is 6.64. The van der Waals surface area contributed by atoms with Gasteiger partial charge in [-0.05, 0) is 25.6 Å². The van der Waals surface area contributed by atoms with Crippen molar-refractivity contribution >= 4 is 5.96 Å². The quantitative estimate of drug-likeness (QED) is 0.319. The Hall–Kier alpha value is -1.63. The maximum absolute atomic E-state index is 5.49. The molecule has 1 aromatic carbocycles. The molecule has 148 valence electrons. The molecular formula is C20H36N4O2. The van der Waals surface area contributed by atoms with Crippen molar-refractivity contribution in [2.24, 2.45) is 4.99 Å². The third-order valence-corrected chi connectivity index (χ3v) is 4.17. The lowest BCUT2D eigenvalue weighted by atomic mass is 10.1. The largest absolute Gasteiger partial charge is 0.382 e. The molecule has 2 N–H and O–H groups in total. The van der Waals surface area contributed by atoms with E-state index in [0.29, 0.717) is 26.4 Å². The number of nitrogens with zero attached hydrogens (tertiary/aromatic N) is 2. The number of ether oxygens (including phenoxy) is 2. The van der Waals surface area contributed by atoms with Gasteiger partial charge in [-0.1, -0.05) is 44.2 Å². The number of guanidine groups is 1. The first kappa shape index (κ1) is 22.4. The van der Waals surface area contributed by atoms with E-state index in [2.05, 4.69) is 66.6 Å². The molecule has 0 aliphatic carbocycles. The van der Waals surface area contributed by atoms with Crippen LogP contribution in [0.15, 0.2) is 35.3 Å². The van der Waals surface area contributed by atoms with Gasteiger partial charge < -0.3 is 20.1 Å². The van der Waals surface area contributed by atoms with E-state index in [1.54, 1.807) is 7.11 Å². The number of aliphatic imine (C=N–C) groups is 1. The molecule has 0 spiro atoms. The molecule has 0 aromatic heterocycles. The van der Waals surface area contributed by atoms with Gasteiger partial charge in [0.15, 0.2) is 5.96 Å². The zero-order valence-corrected chi connectivity index (χ0v) is 16.8. The summed E-state index contributed by atoms with van der Waals surface area (Å²) in [5.41, 5.74) is 1.30. The molecule has 26 heavy (non-hydrogen) atoms. The zero-order chi connectivity index (χ0) is 19.0. The smallest absolute Gasteiger partial charge is 0.191 e. The average Bonchev–Trinajstić information content (AvgIpc) is 2.68. The molecule has 0 saturated heterocycles. The molecule has 0 radical (unpaired) electrons. The average molecular weight is 365 g/mol. The van der Waals surface area contributed by atoms with Gasteiger partial charge in [-0.15, -0.1) is 0 Å². The molecular weight excluding hydrogens is 328 g/mol. The summed E-state index contributed by atoms with van der Waals surface area (Å²) >= 11 is 0.